The van der Waals surface area contributed by atoms with E-state index in [2.05, 4.69) is 10.6 Å². The first-order valence-corrected chi connectivity index (χ1v) is 6.79. The van der Waals surface area contributed by atoms with Gasteiger partial charge in [-0.2, -0.15) is 0 Å². The van der Waals surface area contributed by atoms with E-state index in [1.807, 2.05) is 4.90 Å². The Kier molecular flexibility index (Phi) is 5.13. The quantitative estimate of drug-likeness (QED) is 0.659. The minimum Gasteiger partial charge on any atom is -0.399 e. The number of carbonyl (C=O) groups excluding carboxylic acids is 2. The SMILES string of the molecule is CNC(=O)C1COCCN1CC(=O)Nc1cccc(N)c1. The van der Waals surface area contributed by atoms with Gasteiger partial charge in [0.15, 0.2) is 0 Å². The van der Waals surface area contributed by atoms with E-state index < -0.39 is 6.04 Å². The molecule has 0 saturated carbocycles. The minimum atomic E-state index is -0.435. The van der Waals surface area contributed by atoms with Crippen molar-refractivity contribution < 1.29 is 14.3 Å². The van der Waals surface area contributed by atoms with Crippen LogP contribution in [-0.4, -0.2) is 56.1 Å². The average molecular weight is 292 g/mol. The van der Waals surface area contributed by atoms with Crippen LogP contribution in [0.5, 0.6) is 0 Å². The molecule has 0 aromatic heterocycles. The molecular weight excluding hydrogens is 272 g/mol. The van der Waals surface area contributed by atoms with E-state index in [1.54, 1.807) is 31.3 Å². The van der Waals surface area contributed by atoms with Gasteiger partial charge in [-0.1, -0.05) is 6.07 Å². The Balaban J connectivity index is 1.95. The Morgan fingerprint density at radius 2 is 2.29 bits per heavy atom. The second kappa shape index (κ2) is 7.05. The number of carbonyl (C=O) groups is 2. The van der Waals surface area contributed by atoms with Crippen molar-refractivity contribution >= 4 is 23.2 Å². The largest absolute Gasteiger partial charge is 0.399 e. The number of morpholine rings is 1. The molecule has 2 rings (SSSR count). The second-order valence-electron chi connectivity index (χ2n) is 4.85. The fraction of sp³-hybridized carbons (Fsp3) is 0.429. The van der Waals surface area contributed by atoms with Crippen molar-refractivity contribution in [3.63, 3.8) is 0 Å². The van der Waals surface area contributed by atoms with Gasteiger partial charge < -0.3 is 21.1 Å². The highest BCUT2D eigenvalue weighted by molar-refractivity contribution is 5.93. The predicted molar refractivity (Wildman–Crippen MR) is 79.7 cm³/mol. The van der Waals surface area contributed by atoms with Crippen LogP contribution in [0.1, 0.15) is 0 Å². The van der Waals surface area contributed by atoms with Crippen LogP contribution in [0.2, 0.25) is 0 Å². The topological polar surface area (TPSA) is 96.7 Å². The van der Waals surface area contributed by atoms with E-state index >= 15 is 0 Å². The zero-order chi connectivity index (χ0) is 15.2. The summed E-state index contributed by atoms with van der Waals surface area (Å²) >= 11 is 0. The summed E-state index contributed by atoms with van der Waals surface area (Å²) in [6.07, 6.45) is 0. The molecule has 114 valence electrons. The number of hydrogen-bond acceptors (Lipinski definition) is 5. The molecule has 2 amide bonds. The monoisotopic (exact) mass is 292 g/mol. The summed E-state index contributed by atoms with van der Waals surface area (Å²) in [5.74, 6) is -0.331. The number of likely N-dealkylation sites (N-methyl/N-ethyl adjacent to an activating group) is 1. The van der Waals surface area contributed by atoms with Gasteiger partial charge in [0.2, 0.25) is 11.8 Å². The highest BCUT2D eigenvalue weighted by Crippen LogP contribution is 2.12. The molecule has 4 N–H and O–H groups in total. The lowest BCUT2D eigenvalue weighted by molar-refractivity contribution is -0.133. The normalized spacial score (nSPS) is 19.0. The van der Waals surface area contributed by atoms with Crippen molar-refractivity contribution in [2.24, 2.45) is 0 Å². The second-order valence-corrected chi connectivity index (χ2v) is 4.85. The summed E-state index contributed by atoms with van der Waals surface area (Å²) in [7, 11) is 1.57. The van der Waals surface area contributed by atoms with Crippen LogP contribution in [0.4, 0.5) is 11.4 Å². The Morgan fingerprint density at radius 3 is 3.00 bits per heavy atom. The van der Waals surface area contributed by atoms with E-state index in [4.69, 9.17) is 10.5 Å². The maximum atomic E-state index is 12.1. The maximum absolute atomic E-state index is 12.1. The molecule has 0 aliphatic carbocycles. The van der Waals surface area contributed by atoms with E-state index in [0.717, 1.165) is 0 Å². The van der Waals surface area contributed by atoms with Crippen LogP contribution in [0, 0.1) is 0 Å². The van der Waals surface area contributed by atoms with Gasteiger partial charge in [-0.05, 0) is 18.2 Å². The van der Waals surface area contributed by atoms with Crippen molar-refractivity contribution in [2.75, 3.05) is 44.4 Å². The van der Waals surface area contributed by atoms with E-state index in [-0.39, 0.29) is 18.4 Å². The van der Waals surface area contributed by atoms with Gasteiger partial charge in [-0.25, -0.2) is 0 Å². The van der Waals surface area contributed by atoms with E-state index in [1.165, 1.54) is 0 Å². The highest BCUT2D eigenvalue weighted by atomic mass is 16.5. The van der Waals surface area contributed by atoms with Gasteiger partial charge in [0.1, 0.15) is 6.04 Å². The number of benzene rings is 1. The molecule has 7 nitrogen and oxygen atoms in total. The fourth-order valence-corrected chi connectivity index (χ4v) is 2.24. The van der Waals surface area contributed by atoms with Gasteiger partial charge in [0, 0.05) is 25.0 Å². The summed E-state index contributed by atoms with van der Waals surface area (Å²) in [6, 6.07) is 6.54. The lowest BCUT2D eigenvalue weighted by Crippen LogP contribution is -2.55. The molecule has 1 unspecified atom stereocenters. The molecule has 1 atom stereocenters. The number of rotatable bonds is 4. The molecule has 0 radical (unpaired) electrons. The zero-order valence-corrected chi connectivity index (χ0v) is 12.0. The molecule has 1 aromatic rings. The summed E-state index contributed by atoms with van der Waals surface area (Å²) in [5, 5.41) is 5.36. The van der Waals surface area contributed by atoms with Crippen LogP contribution in [0.3, 0.4) is 0 Å². The summed E-state index contributed by atoms with van der Waals surface area (Å²) < 4.78 is 5.30. The van der Waals surface area contributed by atoms with Gasteiger partial charge >= 0.3 is 0 Å². The molecule has 7 heteroatoms. The van der Waals surface area contributed by atoms with Gasteiger partial charge in [0.25, 0.3) is 0 Å². The number of amides is 2. The molecule has 1 fully saturated rings. The summed E-state index contributed by atoms with van der Waals surface area (Å²) in [5.41, 5.74) is 6.90. The van der Waals surface area contributed by atoms with Crippen LogP contribution < -0.4 is 16.4 Å². The van der Waals surface area contributed by atoms with Gasteiger partial charge in [-0.3, -0.25) is 14.5 Å². The number of nitrogens with zero attached hydrogens (tertiary/aromatic N) is 1. The Bertz CT molecular complexity index is 521. The first kappa shape index (κ1) is 15.3. The summed E-state index contributed by atoms with van der Waals surface area (Å²) in [6.45, 7) is 1.49. The van der Waals surface area contributed by atoms with Crippen molar-refractivity contribution in [1.82, 2.24) is 10.2 Å². The fourth-order valence-electron chi connectivity index (χ4n) is 2.24. The lowest BCUT2D eigenvalue weighted by Gasteiger charge is -2.33. The molecule has 0 bridgehead atoms. The average Bonchev–Trinajstić information content (AvgIpc) is 2.47. The first-order valence-electron chi connectivity index (χ1n) is 6.79. The molecule has 1 heterocycles. The molecular formula is C14H20N4O3. The number of nitrogens with two attached hydrogens (primary N) is 1. The zero-order valence-electron chi connectivity index (χ0n) is 12.0. The minimum absolute atomic E-state index is 0.135. The number of hydrogen-bond donors (Lipinski definition) is 3. The number of ether oxygens (including phenoxy) is 1. The molecule has 1 saturated heterocycles. The molecule has 21 heavy (non-hydrogen) atoms. The van der Waals surface area contributed by atoms with Crippen molar-refractivity contribution in [3.05, 3.63) is 24.3 Å². The van der Waals surface area contributed by atoms with Crippen LogP contribution in [0.15, 0.2) is 24.3 Å². The molecule has 0 spiro atoms. The smallest absolute Gasteiger partial charge is 0.239 e. The third kappa shape index (κ3) is 4.17. The standard InChI is InChI=1S/C14H20N4O3/c1-16-14(20)12-9-21-6-5-18(12)8-13(19)17-11-4-2-3-10(15)7-11/h2-4,7,12H,5-6,8-9,15H2,1H3,(H,16,20)(H,17,19). The highest BCUT2D eigenvalue weighted by Gasteiger charge is 2.29. The van der Waals surface area contributed by atoms with Crippen LogP contribution in [-0.2, 0) is 14.3 Å². The molecule has 1 aromatic carbocycles. The maximum Gasteiger partial charge on any atom is 0.239 e. The number of anilines is 2. The van der Waals surface area contributed by atoms with Crippen LogP contribution in [0.25, 0.3) is 0 Å². The Labute approximate surface area is 123 Å². The van der Waals surface area contributed by atoms with Crippen molar-refractivity contribution in [2.45, 2.75) is 6.04 Å². The third-order valence-electron chi connectivity index (χ3n) is 3.31. The number of nitrogen functional groups attached to an aromatic ring is 1. The van der Waals surface area contributed by atoms with Crippen molar-refractivity contribution in [3.8, 4) is 0 Å². The third-order valence-corrected chi connectivity index (χ3v) is 3.31. The van der Waals surface area contributed by atoms with Crippen molar-refractivity contribution in [1.29, 1.82) is 0 Å². The lowest BCUT2D eigenvalue weighted by atomic mass is 10.2. The van der Waals surface area contributed by atoms with Gasteiger partial charge in [-0.15, -0.1) is 0 Å². The summed E-state index contributed by atoms with van der Waals surface area (Å²) in [4.78, 5) is 25.7. The number of nitrogens with one attached hydrogen (secondary N) is 2. The molecule has 1 aliphatic heterocycles. The van der Waals surface area contributed by atoms with Gasteiger partial charge in [0.05, 0.1) is 19.8 Å². The molecule has 1 aliphatic rings. The Hall–Kier alpha value is -2.12. The van der Waals surface area contributed by atoms with E-state index in [0.29, 0.717) is 31.1 Å². The van der Waals surface area contributed by atoms with Crippen LogP contribution >= 0.6 is 0 Å². The predicted octanol–water partition coefficient (Wildman–Crippen LogP) is -0.346. The first-order chi connectivity index (χ1) is 10.1. The Morgan fingerprint density at radius 1 is 1.48 bits per heavy atom. The van der Waals surface area contributed by atoms with E-state index in [9.17, 15) is 9.59 Å².